The van der Waals surface area contributed by atoms with Gasteiger partial charge >= 0.3 is 0 Å². The first-order chi connectivity index (χ1) is 13.2. The Kier molecular flexibility index (Phi) is 5.65. The van der Waals surface area contributed by atoms with Gasteiger partial charge in [0, 0.05) is 48.8 Å². The summed E-state index contributed by atoms with van der Waals surface area (Å²) in [5.74, 6) is 0.192. The highest BCUT2D eigenvalue weighted by Gasteiger charge is 2.23. The largest absolute Gasteiger partial charge is 0.371 e. The predicted octanol–water partition coefficient (Wildman–Crippen LogP) is 3.84. The van der Waals surface area contributed by atoms with Gasteiger partial charge in [-0.3, -0.25) is 4.79 Å². The summed E-state index contributed by atoms with van der Waals surface area (Å²) >= 11 is 6.01. The number of nitrogens with one attached hydrogen (secondary N) is 2. The van der Waals surface area contributed by atoms with Crippen LogP contribution in [0.4, 0.5) is 5.69 Å². The van der Waals surface area contributed by atoms with Crippen LogP contribution in [0.2, 0.25) is 5.02 Å². The Hall–Kier alpha value is -2.04. The molecule has 2 aromatic carbocycles. The smallest absolute Gasteiger partial charge is 0.220 e. The monoisotopic (exact) mass is 383 g/mol. The number of piperidine rings is 1. The van der Waals surface area contributed by atoms with Crippen LogP contribution in [0.1, 0.15) is 25.7 Å². The van der Waals surface area contributed by atoms with E-state index in [9.17, 15) is 4.79 Å². The molecule has 0 spiro atoms. The maximum atomic E-state index is 11.3. The standard InChI is InChI=1S/C22H26ClN3O/c23-18-6-4-16(5-7-18)17-2-1-3-21(14-17)26-12-10-19(11-13-26)24-15-20-8-9-22(27)25-20/h1-7,14,19-20,24H,8-13,15H2,(H,25,27)/t20-/m1/s1. The Bertz CT molecular complexity index is 784. The number of nitrogens with zero attached hydrogens (tertiary/aromatic N) is 1. The molecule has 1 amide bonds. The van der Waals surface area contributed by atoms with Crippen molar-refractivity contribution >= 4 is 23.2 Å². The van der Waals surface area contributed by atoms with Crippen LogP contribution < -0.4 is 15.5 Å². The van der Waals surface area contributed by atoms with Crippen LogP contribution in [0.5, 0.6) is 0 Å². The minimum atomic E-state index is 0.192. The van der Waals surface area contributed by atoms with Crippen molar-refractivity contribution in [3.8, 4) is 11.1 Å². The van der Waals surface area contributed by atoms with Crippen molar-refractivity contribution in [3.63, 3.8) is 0 Å². The Morgan fingerprint density at radius 3 is 2.52 bits per heavy atom. The molecule has 4 nitrogen and oxygen atoms in total. The van der Waals surface area contributed by atoms with Gasteiger partial charge in [-0.15, -0.1) is 0 Å². The van der Waals surface area contributed by atoms with Gasteiger partial charge in [-0.1, -0.05) is 35.9 Å². The molecule has 0 radical (unpaired) electrons. The van der Waals surface area contributed by atoms with E-state index < -0.39 is 0 Å². The van der Waals surface area contributed by atoms with E-state index in [2.05, 4.69) is 51.9 Å². The van der Waals surface area contributed by atoms with Crippen LogP contribution in [0.3, 0.4) is 0 Å². The van der Waals surface area contributed by atoms with E-state index in [1.807, 2.05) is 12.1 Å². The van der Waals surface area contributed by atoms with E-state index in [4.69, 9.17) is 11.6 Å². The Morgan fingerprint density at radius 2 is 1.81 bits per heavy atom. The number of carbonyl (C=O) groups excluding carboxylic acids is 1. The lowest BCUT2D eigenvalue weighted by atomic mass is 10.0. The fraction of sp³-hybridized carbons (Fsp3) is 0.409. The summed E-state index contributed by atoms with van der Waals surface area (Å²) in [5, 5.41) is 7.44. The number of anilines is 1. The molecule has 27 heavy (non-hydrogen) atoms. The highest BCUT2D eigenvalue weighted by Crippen LogP contribution is 2.27. The summed E-state index contributed by atoms with van der Waals surface area (Å²) in [6.07, 6.45) is 3.90. The molecule has 2 heterocycles. The lowest BCUT2D eigenvalue weighted by Gasteiger charge is -2.34. The number of benzene rings is 2. The maximum absolute atomic E-state index is 11.3. The van der Waals surface area contributed by atoms with Crippen molar-refractivity contribution in [3.05, 3.63) is 53.6 Å². The molecular formula is C22H26ClN3O. The minimum Gasteiger partial charge on any atom is -0.371 e. The van der Waals surface area contributed by atoms with Gasteiger partial charge in [0.25, 0.3) is 0 Å². The molecule has 2 saturated heterocycles. The van der Waals surface area contributed by atoms with Crippen LogP contribution >= 0.6 is 11.6 Å². The fourth-order valence-corrected chi connectivity index (χ4v) is 4.13. The van der Waals surface area contributed by atoms with Crippen LogP contribution in [0.15, 0.2) is 48.5 Å². The van der Waals surface area contributed by atoms with Crippen molar-refractivity contribution in [1.29, 1.82) is 0 Å². The molecule has 0 unspecified atom stereocenters. The summed E-state index contributed by atoms with van der Waals surface area (Å²) in [6.45, 7) is 3.00. The molecule has 0 aliphatic carbocycles. The van der Waals surface area contributed by atoms with E-state index >= 15 is 0 Å². The second-order valence-corrected chi connectivity index (χ2v) is 7.97. The molecule has 0 saturated carbocycles. The topological polar surface area (TPSA) is 44.4 Å². The molecule has 2 N–H and O–H groups in total. The summed E-state index contributed by atoms with van der Waals surface area (Å²) in [5.41, 5.74) is 3.70. The van der Waals surface area contributed by atoms with Crippen LogP contribution in [0.25, 0.3) is 11.1 Å². The molecular weight excluding hydrogens is 358 g/mol. The molecule has 0 bridgehead atoms. The van der Waals surface area contributed by atoms with Crippen molar-refractivity contribution in [1.82, 2.24) is 10.6 Å². The fourth-order valence-electron chi connectivity index (χ4n) is 4.01. The van der Waals surface area contributed by atoms with E-state index in [0.717, 1.165) is 43.9 Å². The van der Waals surface area contributed by atoms with E-state index in [-0.39, 0.29) is 5.91 Å². The normalized spacial score (nSPS) is 20.7. The zero-order valence-corrected chi connectivity index (χ0v) is 16.2. The first-order valence-corrected chi connectivity index (χ1v) is 10.2. The average Bonchev–Trinajstić information content (AvgIpc) is 3.13. The lowest BCUT2D eigenvalue weighted by Crippen LogP contribution is -2.46. The second kappa shape index (κ2) is 8.32. The van der Waals surface area contributed by atoms with Gasteiger partial charge < -0.3 is 15.5 Å². The number of hydrogen-bond acceptors (Lipinski definition) is 3. The van der Waals surface area contributed by atoms with Gasteiger partial charge in [-0.25, -0.2) is 0 Å². The van der Waals surface area contributed by atoms with Crippen molar-refractivity contribution in [2.24, 2.45) is 0 Å². The van der Waals surface area contributed by atoms with Crippen molar-refractivity contribution in [2.45, 2.75) is 37.8 Å². The molecule has 2 fully saturated rings. The van der Waals surface area contributed by atoms with E-state index in [1.54, 1.807) is 0 Å². The summed E-state index contributed by atoms with van der Waals surface area (Å²) < 4.78 is 0. The molecule has 2 aliphatic heterocycles. The molecule has 4 rings (SSSR count). The molecule has 2 aromatic rings. The molecule has 0 aromatic heterocycles. The zero-order chi connectivity index (χ0) is 18.6. The highest BCUT2D eigenvalue weighted by molar-refractivity contribution is 6.30. The summed E-state index contributed by atoms with van der Waals surface area (Å²) in [7, 11) is 0. The van der Waals surface area contributed by atoms with Gasteiger partial charge in [0.15, 0.2) is 0 Å². The van der Waals surface area contributed by atoms with Gasteiger partial charge in [0.1, 0.15) is 0 Å². The average molecular weight is 384 g/mol. The third-order valence-corrected chi connectivity index (χ3v) is 5.87. The van der Waals surface area contributed by atoms with Gasteiger partial charge in [-0.2, -0.15) is 0 Å². The molecule has 2 aliphatic rings. The summed E-state index contributed by atoms with van der Waals surface area (Å²) in [4.78, 5) is 13.8. The molecule has 5 heteroatoms. The molecule has 142 valence electrons. The van der Waals surface area contributed by atoms with Gasteiger partial charge in [0.2, 0.25) is 5.91 Å². The number of hydrogen-bond donors (Lipinski definition) is 2. The van der Waals surface area contributed by atoms with E-state index in [1.165, 1.54) is 16.8 Å². The maximum Gasteiger partial charge on any atom is 0.220 e. The predicted molar refractivity (Wildman–Crippen MR) is 111 cm³/mol. The number of rotatable bonds is 5. The Morgan fingerprint density at radius 1 is 1.04 bits per heavy atom. The first kappa shape index (κ1) is 18.3. The van der Waals surface area contributed by atoms with Crippen LogP contribution in [0, 0.1) is 0 Å². The summed E-state index contributed by atoms with van der Waals surface area (Å²) in [6, 6.07) is 17.6. The van der Waals surface area contributed by atoms with Crippen LogP contribution in [-0.2, 0) is 4.79 Å². The highest BCUT2D eigenvalue weighted by atomic mass is 35.5. The number of carbonyl (C=O) groups is 1. The Labute approximate surface area is 165 Å². The Balaban J connectivity index is 1.32. The third kappa shape index (κ3) is 4.63. The quantitative estimate of drug-likeness (QED) is 0.824. The second-order valence-electron chi connectivity index (χ2n) is 7.53. The zero-order valence-electron chi connectivity index (χ0n) is 15.5. The van der Waals surface area contributed by atoms with Crippen molar-refractivity contribution < 1.29 is 4.79 Å². The van der Waals surface area contributed by atoms with Gasteiger partial charge in [0.05, 0.1) is 0 Å². The van der Waals surface area contributed by atoms with Gasteiger partial charge in [-0.05, 0) is 54.7 Å². The molecule has 1 atom stereocenters. The number of halogens is 1. The number of amides is 1. The third-order valence-electron chi connectivity index (χ3n) is 5.62. The lowest BCUT2D eigenvalue weighted by molar-refractivity contribution is -0.119. The SMILES string of the molecule is O=C1CC[C@H](CNC2CCN(c3cccc(-c4ccc(Cl)cc4)c3)CC2)N1. The minimum absolute atomic E-state index is 0.192. The van der Waals surface area contributed by atoms with Crippen LogP contribution in [-0.4, -0.2) is 37.6 Å². The van der Waals surface area contributed by atoms with Crippen molar-refractivity contribution in [2.75, 3.05) is 24.5 Å². The van der Waals surface area contributed by atoms with E-state index in [0.29, 0.717) is 18.5 Å². The first-order valence-electron chi connectivity index (χ1n) is 9.81.